The number of ether oxygens (including phenoxy) is 2. The van der Waals surface area contributed by atoms with Crippen molar-refractivity contribution in [2.24, 2.45) is 4.99 Å². The topological polar surface area (TPSA) is 59.9 Å². The molecule has 0 unspecified atom stereocenters. The molecule has 7 heteroatoms. The molecule has 0 radical (unpaired) electrons. The van der Waals surface area contributed by atoms with Crippen molar-refractivity contribution in [3.63, 3.8) is 0 Å². The van der Waals surface area contributed by atoms with Gasteiger partial charge in [0.05, 0.1) is 17.7 Å². The minimum Gasteiger partial charge on any atom is -0.493 e. The molecule has 1 aliphatic rings. The number of rotatable bonds is 6. The minimum atomic E-state index is -0.180. The zero-order valence-corrected chi connectivity index (χ0v) is 20.1. The van der Waals surface area contributed by atoms with Crippen molar-refractivity contribution >= 4 is 46.2 Å². The van der Waals surface area contributed by atoms with Gasteiger partial charge in [-0.15, -0.1) is 0 Å². The number of carbonyl (C=O) groups is 1. The van der Waals surface area contributed by atoms with Crippen molar-refractivity contribution < 1.29 is 14.3 Å². The Labute approximate surface area is 202 Å². The molecule has 1 aliphatic heterocycles. The molecule has 0 atom stereocenters. The number of aliphatic imine (C=N–C) groups is 1. The normalized spacial score (nSPS) is 15.7. The summed E-state index contributed by atoms with van der Waals surface area (Å²) in [5.41, 5.74) is 4.88. The van der Waals surface area contributed by atoms with Crippen molar-refractivity contribution in [3.8, 4) is 11.5 Å². The first-order chi connectivity index (χ1) is 15.9. The fraction of sp³-hybridized carbons (Fsp3) is 0.154. The van der Waals surface area contributed by atoms with Crippen LogP contribution in [0.3, 0.4) is 0 Å². The monoisotopic (exact) mass is 478 g/mol. The first-order valence-corrected chi connectivity index (χ1v) is 11.5. The first-order valence-electron chi connectivity index (χ1n) is 10.3. The molecule has 1 N–H and O–H groups in total. The average Bonchev–Trinajstić information content (AvgIpc) is 3.14. The fourth-order valence-corrected chi connectivity index (χ4v) is 4.24. The van der Waals surface area contributed by atoms with E-state index in [9.17, 15) is 4.79 Å². The fourth-order valence-electron chi connectivity index (χ4n) is 3.21. The average molecular weight is 479 g/mol. The summed E-state index contributed by atoms with van der Waals surface area (Å²) >= 11 is 7.52. The van der Waals surface area contributed by atoms with Gasteiger partial charge in [0.1, 0.15) is 6.61 Å². The molecule has 5 nitrogen and oxygen atoms in total. The van der Waals surface area contributed by atoms with E-state index < -0.39 is 0 Å². The number of amidine groups is 1. The van der Waals surface area contributed by atoms with Gasteiger partial charge in [-0.2, -0.15) is 0 Å². The van der Waals surface area contributed by atoms with Crippen molar-refractivity contribution in [2.75, 3.05) is 7.11 Å². The van der Waals surface area contributed by atoms with Gasteiger partial charge in [-0.1, -0.05) is 41.9 Å². The Balaban J connectivity index is 1.50. The summed E-state index contributed by atoms with van der Waals surface area (Å²) in [4.78, 5) is 17.6. The maximum atomic E-state index is 12.5. The minimum absolute atomic E-state index is 0.180. The van der Waals surface area contributed by atoms with E-state index in [1.54, 1.807) is 7.11 Å². The molecule has 0 saturated carbocycles. The molecule has 0 aromatic heterocycles. The molecule has 3 aromatic rings. The van der Waals surface area contributed by atoms with Gasteiger partial charge < -0.3 is 14.8 Å². The second-order valence-corrected chi connectivity index (χ2v) is 8.98. The zero-order valence-electron chi connectivity index (χ0n) is 18.5. The number of hydrogen-bond donors (Lipinski definition) is 1. The second-order valence-electron chi connectivity index (χ2n) is 7.54. The summed E-state index contributed by atoms with van der Waals surface area (Å²) < 4.78 is 11.4. The highest BCUT2D eigenvalue weighted by Crippen LogP contribution is 2.33. The van der Waals surface area contributed by atoms with Gasteiger partial charge in [-0.25, -0.2) is 4.99 Å². The molecule has 1 fully saturated rings. The lowest BCUT2D eigenvalue weighted by Gasteiger charge is -2.12. The zero-order chi connectivity index (χ0) is 23.4. The van der Waals surface area contributed by atoms with Gasteiger partial charge in [0.25, 0.3) is 5.91 Å². The van der Waals surface area contributed by atoms with Gasteiger partial charge >= 0.3 is 0 Å². The van der Waals surface area contributed by atoms with Crippen molar-refractivity contribution in [1.29, 1.82) is 0 Å². The second kappa shape index (κ2) is 10.1. The van der Waals surface area contributed by atoms with Crippen LogP contribution < -0.4 is 14.8 Å². The number of methoxy groups -OCH3 is 1. The van der Waals surface area contributed by atoms with Crippen LogP contribution in [0.15, 0.2) is 70.6 Å². The van der Waals surface area contributed by atoms with Crippen molar-refractivity contribution in [2.45, 2.75) is 20.5 Å². The Morgan fingerprint density at radius 3 is 2.61 bits per heavy atom. The van der Waals surface area contributed by atoms with Crippen LogP contribution in [0.1, 0.15) is 22.3 Å². The largest absolute Gasteiger partial charge is 0.493 e. The summed E-state index contributed by atoms with van der Waals surface area (Å²) in [5.74, 6) is 0.990. The third-order valence-electron chi connectivity index (χ3n) is 5.20. The number of aryl methyl sites for hydroxylation is 2. The highest BCUT2D eigenvalue weighted by atomic mass is 35.5. The number of thioether (sulfide) groups is 1. The Hall–Kier alpha value is -3.22. The Morgan fingerprint density at radius 1 is 1.03 bits per heavy atom. The van der Waals surface area contributed by atoms with Crippen LogP contribution in [0.2, 0.25) is 5.02 Å². The van der Waals surface area contributed by atoms with Crippen LogP contribution in [0.25, 0.3) is 6.08 Å². The van der Waals surface area contributed by atoms with Gasteiger partial charge in [-0.05, 0) is 78.7 Å². The molecule has 0 spiro atoms. The smallest absolute Gasteiger partial charge is 0.264 e. The van der Waals surface area contributed by atoms with Gasteiger partial charge in [-0.3, -0.25) is 4.79 Å². The van der Waals surface area contributed by atoms with Gasteiger partial charge in [0, 0.05) is 10.6 Å². The Kier molecular flexibility index (Phi) is 7.06. The van der Waals surface area contributed by atoms with Crippen LogP contribution in [0.5, 0.6) is 11.5 Å². The maximum Gasteiger partial charge on any atom is 0.264 e. The van der Waals surface area contributed by atoms with Crippen molar-refractivity contribution in [3.05, 3.63) is 92.8 Å². The van der Waals surface area contributed by atoms with E-state index in [2.05, 4.69) is 17.2 Å². The molecule has 4 rings (SSSR count). The van der Waals surface area contributed by atoms with Crippen LogP contribution in [0, 0.1) is 13.8 Å². The van der Waals surface area contributed by atoms with Crippen LogP contribution in [0.4, 0.5) is 5.69 Å². The third-order valence-corrected chi connectivity index (χ3v) is 6.48. The van der Waals surface area contributed by atoms with Gasteiger partial charge in [0.2, 0.25) is 0 Å². The molecule has 33 heavy (non-hydrogen) atoms. The lowest BCUT2D eigenvalue weighted by molar-refractivity contribution is -0.115. The molecule has 168 valence electrons. The standard InChI is InChI=1S/C26H23ClN2O3S/c1-16-8-10-20(12-17(16)2)28-26-29-25(30)24(33-26)14-18-9-11-22(23(13-18)31-3)32-15-19-6-4-5-7-21(19)27/h4-14H,15H2,1-3H3,(H,28,29,30)/b24-14-. The predicted octanol–water partition coefficient (Wildman–Crippen LogP) is 6.44. The molecule has 0 bridgehead atoms. The SMILES string of the molecule is COc1cc(/C=C2\SC(=Nc3ccc(C)c(C)c3)NC2=O)ccc1OCc1ccccc1Cl. The first kappa shape index (κ1) is 23.0. The van der Waals surface area contributed by atoms with Crippen LogP contribution in [-0.2, 0) is 11.4 Å². The van der Waals surface area contributed by atoms with E-state index >= 15 is 0 Å². The summed E-state index contributed by atoms with van der Waals surface area (Å²) in [6.45, 7) is 4.42. The summed E-state index contributed by atoms with van der Waals surface area (Å²) in [5, 5.41) is 4.04. The Bertz CT molecular complexity index is 1270. The molecular weight excluding hydrogens is 456 g/mol. The Morgan fingerprint density at radius 2 is 1.85 bits per heavy atom. The van der Waals surface area contributed by atoms with E-state index in [1.165, 1.54) is 17.3 Å². The maximum absolute atomic E-state index is 12.5. The van der Waals surface area contributed by atoms with E-state index in [4.69, 9.17) is 21.1 Å². The molecule has 1 amide bonds. The van der Waals surface area contributed by atoms with Crippen molar-refractivity contribution in [1.82, 2.24) is 5.32 Å². The highest BCUT2D eigenvalue weighted by Gasteiger charge is 2.24. The summed E-state index contributed by atoms with van der Waals surface area (Å²) in [6, 6.07) is 19.0. The van der Waals surface area contributed by atoms with E-state index in [0.29, 0.717) is 33.2 Å². The number of nitrogens with zero attached hydrogens (tertiary/aromatic N) is 1. The molecule has 1 saturated heterocycles. The van der Waals surface area contributed by atoms with E-state index in [1.807, 2.05) is 73.7 Å². The number of nitrogens with one attached hydrogen (secondary N) is 1. The quantitative estimate of drug-likeness (QED) is 0.414. The number of benzene rings is 3. The number of amides is 1. The van der Waals surface area contributed by atoms with Crippen LogP contribution >= 0.6 is 23.4 Å². The number of halogens is 1. The predicted molar refractivity (Wildman–Crippen MR) is 135 cm³/mol. The molecular formula is C26H23ClN2O3S. The third kappa shape index (κ3) is 5.59. The summed E-state index contributed by atoms with van der Waals surface area (Å²) in [6.07, 6.45) is 1.81. The van der Waals surface area contributed by atoms with E-state index in [0.717, 1.165) is 22.4 Å². The van der Waals surface area contributed by atoms with Crippen LogP contribution in [-0.4, -0.2) is 18.2 Å². The van der Waals surface area contributed by atoms with E-state index in [-0.39, 0.29) is 5.91 Å². The summed E-state index contributed by atoms with van der Waals surface area (Å²) in [7, 11) is 1.58. The lowest BCUT2D eigenvalue weighted by Crippen LogP contribution is -2.19. The number of carbonyl (C=O) groups excluding carboxylic acids is 1. The molecule has 0 aliphatic carbocycles. The van der Waals surface area contributed by atoms with Gasteiger partial charge in [0.15, 0.2) is 16.7 Å². The lowest BCUT2D eigenvalue weighted by atomic mass is 10.1. The molecule has 3 aromatic carbocycles. The number of hydrogen-bond acceptors (Lipinski definition) is 5. The molecule has 1 heterocycles. The highest BCUT2D eigenvalue weighted by molar-refractivity contribution is 8.18.